The van der Waals surface area contributed by atoms with Crippen LogP contribution in [0.2, 0.25) is 0 Å². The van der Waals surface area contributed by atoms with E-state index in [4.69, 9.17) is 0 Å². The van der Waals surface area contributed by atoms with Crippen LogP contribution in [0.4, 0.5) is 0 Å². The highest BCUT2D eigenvalue weighted by molar-refractivity contribution is 6.24. The lowest BCUT2D eigenvalue weighted by Crippen LogP contribution is -2.27. The Balaban J connectivity index is 1.58. The van der Waals surface area contributed by atoms with E-state index in [0.29, 0.717) is 16.8 Å². The number of benzene rings is 1. The molecule has 0 saturated carbocycles. The van der Waals surface area contributed by atoms with Gasteiger partial charge in [0.1, 0.15) is 0 Å². The molecule has 2 rings (SSSR count). The first-order chi connectivity index (χ1) is 12.2. The Hall–Kier alpha value is -1.90. The topological polar surface area (TPSA) is 46.2 Å². The highest BCUT2D eigenvalue weighted by Crippen LogP contribution is 2.19. The lowest BCUT2D eigenvalue weighted by atomic mass is 9.93. The third-order valence-corrected chi connectivity index (χ3v) is 4.80. The van der Waals surface area contributed by atoms with E-state index in [1.54, 1.807) is 24.3 Å². The van der Waals surface area contributed by atoms with Crippen molar-refractivity contribution in [3.05, 3.63) is 47.2 Å². The minimum absolute atomic E-state index is 0.0673. The van der Waals surface area contributed by atoms with Gasteiger partial charge in [-0.3, -0.25) is 9.59 Å². The van der Waals surface area contributed by atoms with Crippen LogP contribution in [0.25, 0.3) is 0 Å². The highest BCUT2D eigenvalue weighted by Gasteiger charge is 2.24. The van der Waals surface area contributed by atoms with Crippen molar-refractivity contribution in [3.63, 3.8) is 0 Å². The molecule has 0 saturated heterocycles. The molecular weight excluding hydrogens is 310 g/mol. The molecule has 1 N–H and O–H groups in total. The lowest BCUT2D eigenvalue weighted by molar-refractivity contribution is 0.0978. The van der Waals surface area contributed by atoms with Gasteiger partial charge in [0.25, 0.3) is 0 Å². The summed E-state index contributed by atoms with van der Waals surface area (Å²) in [4.78, 5) is 24.5. The SMILES string of the molecule is CCCCCCCCCCCCNC1=CC(=O)c2ccccc2C1=O. The second kappa shape index (κ2) is 10.9. The summed E-state index contributed by atoms with van der Waals surface area (Å²) >= 11 is 0. The molecule has 0 aliphatic heterocycles. The van der Waals surface area contributed by atoms with Crippen molar-refractivity contribution in [2.75, 3.05) is 6.54 Å². The molecule has 0 radical (unpaired) electrons. The number of nitrogens with one attached hydrogen (secondary N) is 1. The van der Waals surface area contributed by atoms with E-state index in [0.717, 1.165) is 13.0 Å². The zero-order valence-corrected chi connectivity index (χ0v) is 15.5. The van der Waals surface area contributed by atoms with Gasteiger partial charge >= 0.3 is 0 Å². The molecule has 0 amide bonds. The van der Waals surface area contributed by atoms with E-state index in [2.05, 4.69) is 12.2 Å². The largest absolute Gasteiger partial charge is 0.382 e. The van der Waals surface area contributed by atoms with Crippen molar-refractivity contribution in [1.29, 1.82) is 0 Å². The van der Waals surface area contributed by atoms with Gasteiger partial charge in [-0.15, -0.1) is 0 Å². The number of allylic oxidation sites excluding steroid dienone is 2. The minimum atomic E-state index is -0.0826. The number of hydrogen-bond acceptors (Lipinski definition) is 3. The summed E-state index contributed by atoms with van der Waals surface area (Å²) in [5.74, 6) is -0.150. The van der Waals surface area contributed by atoms with Crippen LogP contribution in [0.3, 0.4) is 0 Å². The molecule has 1 aliphatic rings. The quantitative estimate of drug-likeness (QED) is 0.513. The summed E-state index contributed by atoms with van der Waals surface area (Å²) in [5.41, 5.74) is 1.47. The predicted octanol–water partition coefficient (Wildman–Crippen LogP) is 5.46. The molecule has 0 atom stereocenters. The third kappa shape index (κ3) is 6.15. The minimum Gasteiger partial charge on any atom is -0.382 e. The van der Waals surface area contributed by atoms with Crippen molar-refractivity contribution in [1.82, 2.24) is 5.32 Å². The maximum Gasteiger partial charge on any atom is 0.209 e. The van der Waals surface area contributed by atoms with E-state index in [1.807, 2.05) is 0 Å². The van der Waals surface area contributed by atoms with Gasteiger partial charge in [0.15, 0.2) is 5.78 Å². The monoisotopic (exact) mass is 341 g/mol. The molecule has 136 valence electrons. The molecular formula is C22H31NO2. The molecule has 0 spiro atoms. The number of fused-ring (bicyclic) bond motifs is 1. The maximum atomic E-state index is 12.4. The molecule has 1 aromatic carbocycles. The van der Waals surface area contributed by atoms with Gasteiger partial charge in [-0.2, -0.15) is 0 Å². The second-order valence-electron chi connectivity index (χ2n) is 6.91. The van der Waals surface area contributed by atoms with Gasteiger partial charge in [-0.05, 0) is 6.42 Å². The Labute approximate surface area is 151 Å². The molecule has 0 bridgehead atoms. The number of carbonyl (C=O) groups is 2. The Morgan fingerprint density at radius 2 is 1.32 bits per heavy atom. The first-order valence-electron chi connectivity index (χ1n) is 9.87. The third-order valence-electron chi connectivity index (χ3n) is 4.80. The lowest BCUT2D eigenvalue weighted by Gasteiger charge is -2.16. The van der Waals surface area contributed by atoms with E-state index >= 15 is 0 Å². The van der Waals surface area contributed by atoms with Crippen LogP contribution in [0, 0.1) is 0 Å². The standard InChI is InChI=1S/C22H31NO2/c1-2-3-4-5-6-7-8-9-10-13-16-23-20-17-21(24)18-14-11-12-15-19(18)22(20)25/h11-12,14-15,17,23H,2-10,13,16H2,1H3. The first-order valence-corrected chi connectivity index (χ1v) is 9.87. The molecule has 0 aromatic heterocycles. The van der Waals surface area contributed by atoms with Gasteiger partial charge in [0, 0.05) is 23.7 Å². The number of rotatable bonds is 12. The number of unbranched alkanes of at least 4 members (excludes halogenated alkanes) is 9. The van der Waals surface area contributed by atoms with E-state index < -0.39 is 0 Å². The fourth-order valence-electron chi connectivity index (χ4n) is 3.28. The summed E-state index contributed by atoms with van der Waals surface area (Å²) in [6.45, 7) is 3.00. The number of ketones is 2. The van der Waals surface area contributed by atoms with Crippen molar-refractivity contribution in [2.45, 2.75) is 71.1 Å². The summed E-state index contributed by atoms with van der Waals surface area (Å²) in [6.07, 6.45) is 14.4. The van der Waals surface area contributed by atoms with Gasteiger partial charge in [0.05, 0.1) is 5.70 Å². The summed E-state index contributed by atoms with van der Waals surface area (Å²) in [6, 6.07) is 7.03. The second-order valence-corrected chi connectivity index (χ2v) is 6.91. The van der Waals surface area contributed by atoms with E-state index in [1.165, 1.54) is 63.9 Å². The first kappa shape index (κ1) is 19.4. The number of hydrogen-bond donors (Lipinski definition) is 1. The summed E-state index contributed by atoms with van der Waals surface area (Å²) < 4.78 is 0. The molecule has 0 fully saturated rings. The Morgan fingerprint density at radius 1 is 0.760 bits per heavy atom. The molecule has 3 heteroatoms. The smallest absolute Gasteiger partial charge is 0.209 e. The van der Waals surface area contributed by atoms with Gasteiger partial charge in [-0.1, -0.05) is 89.0 Å². The van der Waals surface area contributed by atoms with Crippen molar-refractivity contribution < 1.29 is 9.59 Å². The number of carbonyl (C=O) groups excluding carboxylic acids is 2. The van der Waals surface area contributed by atoms with E-state index in [-0.39, 0.29) is 11.6 Å². The normalized spacial score (nSPS) is 13.6. The average Bonchev–Trinajstić information content (AvgIpc) is 2.63. The van der Waals surface area contributed by atoms with Gasteiger partial charge < -0.3 is 5.32 Å². The summed E-state index contributed by atoms with van der Waals surface area (Å²) in [5, 5.41) is 3.16. The van der Waals surface area contributed by atoms with Crippen LogP contribution in [-0.4, -0.2) is 18.1 Å². The Bertz CT molecular complexity index is 604. The Morgan fingerprint density at radius 3 is 1.96 bits per heavy atom. The van der Waals surface area contributed by atoms with Crippen molar-refractivity contribution >= 4 is 11.6 Å². The van der Waals surface area contributed by atoms with Crippen LogP contribution in [0.1, 0.15) is 91.8 Å². The Kier molecular flexibility index (Phi) is 8.44. The fourth-order valence-corrected chi connectivity index (χ4v) is 3.28. The predicted molar refractivity (Wildman–Crippen MR) is 103 cm³/mol. The summed E-state index contributed by atoms with van der Waals surface area (Å²) in [7, 11) is 0. The van der Waals surface area contributed by atoms with Crippen LogP contribution < -0.4 is 5.32 Å². The van der Waals surface area contributed by atoms with Crippen LogP contribution in [0.5, 0.6) is 0 Å². The van der Waals surface area contributed by atoms with Gasteiger partial charge in [0.2, 0.25) is 5.78 Å². The van der Waals surface area contributed by atoms with Crippen molar-refractivity contribution in [2.24, 2.45) is 0 Å². The highest BCUT2D eigenvalue weighted by atomic mass is 16.1. The zero-order chi connectivity index (χ0) is 17.9. The number of Topliss-reactive ketones (excluding diaryl/α,β-unsaturated/α-hetero) is 1. The molecule has 25 heavy (non-hydrogen) atoms. The van der Waals surface area contributed by atoms with E-state index in [9.17, 15) is 9.59 Å². The average molecular weight is 341 g/mol. The van der Waals surface area contributed by atoms with Crippen LogP contribution in [-0.2, 0) is 0 Å². The molecule has 3 nitrogen and oxygen atoms in total. The van der Waals surface area contributed by atoms with Crippen LogP contribution in [0.15, 0.2) is 36.0 Å². The zero-order valence-electron chi connectivity index (χ0n) is 15.5. The molecule has 1 aromatic rings. The van der Waals surface area contributed by atoms with Gasteiger partial charge in [-0.25, -0.2) is 0 Å². The molecule has 1 aliphatic carbocycles. The van der Waals surface area contributed by atoms with Crippen molar-refractivity contribution in [3.8, 4) is 0 Å². The van der Waals surface area contributed by atoms with Crippen LogP contribution >= 0.6 is 0 Å². The molecule has 0 heterocycles. The molecule has 0 unspecified atom stereocenters. The fraction of sp³-hybridized carbons (Fsp3) is 0.545. The maximum absolute atomic E-state index is 12.4.